The third kappa shape index (κ3) is 4.87. The number of amides is 1. The standard InChI is InChI=1S/C23H22ClN3O2/c24-20-10-11-22(25-16-20)26-12-14-27(15-13-26)23(28)19-8-6-18(7-9-19)17-29-21-4-2-1-3-5-21/h1-11,16H,12-15,17H2. The predicted octanol–water partition coefficient (Wildman–Crippen LogP) is 4.28. The Balaban J connectivity index is 1.31. The molecular formula is C23H22ClN3O2. The lowest BCUT2D eigenvalue weighted by Crippen LogP contribution is -2.49. The zero-order chi connectivity index (χ0) is 20.1. The molecular weight excluding hydrogens is 386 g/mol. The summed E-state index contributed by atoms with van der Waals surface area (Å²) in [4.78, 5) is 21.2. The van der Waals surface area contributed by atoms with E-state index in [0.717, 1.165) is 30.2 Å². The minimum Gasteiger partial charge on any atom is -0.489 e. The number of halogens is 1. The van der Waals surface area contributed by atoms with Crippen molar-refractivity contribution in [3.05, 3.63) is 89.1 Å². The molecule has 0 N–H and O–H groups in total. The van der Waals surface area contributed by atoms with Crippen LogP contribution in [0.3, 0.4) is 0 Å². The first-order chi connectivity index (χ1) is 14.2. The molecule has 6 heteroatoms. The summed E-state index contributed by atoms with van der Waals surface area (Å²) in [6, 6.07) is 21.1. The highest BCUT2D eigenvalue weighted by Crippen LogP contribution is 2.18. The Kier molecular flexibility index (Phi) is 5.96. The van der Waals surface area contributed by atoms with Crippen molar-refractivity contribution in [2.24, 2.45) is 0 Å². The Morgan fingerprint density at radius 1 is 0.931 bits per heavy atom. The number of para-hydroxylation sites is 1. The quantitative estimate of drug-likeness (QED) is 0.633. The van der Waals surface area contributed by atoms with Crippen molar-refractivity contribution in [3.8, 4) is 5.75 Å². The maximum absolute atomic E-state index is 12.8. The number of benzene rings is 2. The highest BCUT2D eigenvalue weighted by Gasteiger charge is 2.22. The van der Waals surface area contributed by atoms with Crippen molar-refractivity contribution in [2.45, 2.75) is 6.61 Å². The summed E-state index contributed by atoms with van der Waals surface area (Å²) in [5.74, 6) is 1.79. The van der Waals surface area contributed by atoms with Crippen LogP contribution in [0.15, 0.2) is 72.9 Å². The van der Waals surface area contributed by atoms with Gasteiger partial charge in [-0.3, -0.25) is 4.79 Å². The van der Waals surface area contributed by atoms with Crippen molar-refractivity contribution in [1.29, 1.82) is 0 Å². The highest BCUT2D eigenvalue weighted by molar-refractivity contribution is 6.30. The molecule has 1 fully saturated rings. The number of hydrogen-bond acceptors (Lipinski definition) is 4. The van der Waals surface area contributed by atoms with Crippen molar-refractivity contribution in [1.82, 2.24) is 9.88 Å². The fourth-order valence-corrected chi connectivity index (χ4v) is 3.42. The van der Waals surface area contributed by atoms with Gasteiger partial charge in [-0.15, -0.1) is 0 Å². The van der Waals surface area contributed by atoms with E-state index in [9.17, 15) is 4.79 Å². The SMILES string of the molecule is O=C(c1ccc(COc2ccccc2)cc1)N1CCN(c2ccc(Cl)cn2)CC1. The lowest BCUT2D eigenvalue weighted by Gasteiger charge is -2.35. The first-order valence-corrected chi connectivity index (χ1v) is 9.99. The van der Waals surface area contributed by atoms with Crippen LogP contribution in [0.4, 0.5) is 5.82 Å². The minimum absolute atomic E-state index is 0.0595. The third-order valence-electron chi connectivity index (χ3n) is 4.95. The van der Waals surface area contributed by atoms with Gasteiger partial charge in [0, 0.05) is 37.9 Å². The van der Waals surface area contributed by atoms with E-state index in [4.69, 9.17) is 16.3 Å². The molecule has 0 atom stereocenters. The molecule has 0 bridgehead atoms. The summed E-state index contributed by atoms with van der Waals surface area (Å²) < 4.78 is 5.75. The van der Waals surface area contributed by atoms with Gasteiger partial charge in [-0.1, -0.05) is 41.9 Å². The molecule has 1 aliphatic heterocycles. The Morgan fingerprint density at radius 3 is 2.31 bits per heavy atom. The second-order valence-electron chi connectivity index (χ2n) is 6.91. The Bertz CT molecular complexity index is 938. The Morgan fingerprint density at radius 2 is 1.66 bits per heavy atom. The van der Waals surface area contributed by atoms with Crippen molar-refractivity contribution < 1.29 is 9.53 Å². The molecule has 1 aliphatic rings. The molecule has 0 radical (unpaired) electrons. The number of hydrogen-bond donors (Lipinski definition) is 0. The van der Waals surface area contributed by atoms with E-state index in [1.807, 2.05) is 71.6 Å². The van der Waals surface area contributed by atoms with E-state index in [-0.39, 0.29) is 5.91 Å². The zero-order valence-electron chi connectivity index (χ0n) is 16.0. The van der Waals surface area contributed by atoms with Gasteiger partial charge in [0.25, 0.3) is 5.91 Å². The first-order valence-electron chi connectivity index (χ1n) is 9.61. The van der Waals surface area contributed by atoms with E-state index in [2.05, 4.69) is 9.88 Å². The second-order valence-corrected chi connectivity index (χ2v) is 7.35. The number of nitrogens with zero attached hydrogens (tertiary/aromatic N) is 3. The summed E-state index contributed by atoms with van der Waals surface area (Å²) in [7, 11) is 0. The van der Waals surface area contributed by atoms with Gasteiger partial charge in [0.2, 0.25) is 0 Å². The summed E-state index contributed by atoms with van der Waals surface area (Å²) in [6.45, 7) is 3.32. The van der Waals surface area contributed by atoms with Gasteiger partial charge in [-0.25, -0.2) is 4.98 Å². The first kappa shape index (κ1) is 19.3. The fraction of sp³-hybridized carbons (Fsp3) is 0.217. The summed E-state index contributed by atoms with van der Waals surface area (Å²) >= 11 is 5.90. The lowest BCUT2D eigenvalue weighted by atomic mass is 10.1. The van der Waals surface area contributed by atoms with Crippen LogP contribution < -0.4 is 9.64 Å². The maximum atomic E-state index is 12.8. The molecule has 148 valence electrons. The Labute approximate surface area is 175 Å². The number of aromatic nitrogens is 1. The number of carbonyl (C=O) groups is 1. The van der Waals surface area contributed by atoms with Crippen LogP contribution in [-0.4, -0.2) is 42.0 Å². The molecule has 0 spiro atoms. The van der Waals surface area contributed by atoms with E-state index >= 15 is 0 Å². The lowest BCUT2D eigenvalue weighted by molar-refractivity contribution is 0.0746. The van der Waals surface area contributed by atoms with Crippen LogP contribution in [0.2, 0.25) is 5.02 Å². The van der Waals surface area contributed by atoms with Crippen LogP contribution in [0, 0.1) is 0 Å². The van der Waals surface area contributed by atoms with Gasteiger partial charge < -0.3 is 14.5 Å². The van der Waals surface area contributed by atoms with Crippen LogP contribution in [-0.2, 0) is 6.61 Å². The normalized spacial score (nSPS) is 14.0. The fourth-order valence-electron chi connectivity index (χ4n) is 3.30. The highest BCUT2D eigenvalue weighted by atomic mass is 35.5. The third-order valence-corrected chi connectivity index (χ3v) is 5.18. The summed E-state index contributed by atoms with van der Waals surface area (Å²) in [5, 5.41) is 0.625. The van der Waals surface area contributed by atoms with E-state index in [1.165, 1.54) is 0 Å². The van der Waals surface area contributed by atoms with Gasteiger partial charge in [0.15, 0.2) is 0 Å². The van der Waals surface area contributed by atoms with E-state index in [1.54, 1.807) is 6.20 Å². The topological polar surface area (TPSA) is 45.7 Å². The predicted molar refractivity (Wildman–Crippen MR) is 115 cm³/mol. The molecule has 2 heterocycles. The van der Waals surface area contributed by atoms with Gasteiger partial charge in [0.1, 0.15) is 18.2 Å². The van der Waals surface area contributed by atoms with Crippen molar-refractivity contribution in [3.63, 3.8) is 0 Å². The second kappa shape index (κ2) is 8.97. The van der Waals surface area contributed by atoms with Gasteiger partial charge in [-0.2, -0.15) is 0 Å². The number of rotatable bonds is 5. The summed E-state index contributed by atoms with van der Waals surface area (Å²) in [5.41, 5.74) is 1.73. The van der Waals surface area contributed by atoms with E-state index < -0.39 is 0 Å². The number of ether oxygens (including phenoxy) is 1. The molecule has 3 aromatic rings. The minimum atomic E-state index is 0.0595. The molecule has 0 aliphatic carbocycles. The molecule has 5 nitrogen and oxygen atoms in total. The molecule has 0 unspecified atom stereocenters. The molecule has 0 saturated carbocycles. The van der Waals surface area contributed by atoms with Crippen LogP contribution in [0.25, 0.3) is 0 Å². The Hall–Kier alpha value is -3.05. The van der Waals surface area contributed by atoms with Crippen molar-refractivity contribution >= 4 is 23.3 Å². The summed E-state index contributed by atoms with van der Waals surface area (Å²) in [6.07, 6.45) is 1.65. The van der Waals surface area contributed by atoms with Crippen molar-refractivity contribution in [2.75, 3.05) is 31.1 Å². The average Bonchev–Trinajstić information content (AvgIpc) is 2.79. The number of anilines is 1. The largest absolute Gasteiger partial charge is 0.489 e. The van der Waals surface area contributed by atoms with Crippen LogP contribution in [0.5, 0.6) is 5.75 Å². The van der Waals surface area contributed by atoms with Gasteiger partial charge in [0.05, 0.1) is 5.02 Å². The number of pyridine rings is 1. The molecule has 1 saturated heterocycles. The number of carbonyl (C=O) groups excluding carboxylic acids is 1. The smallest absolute Gasteiger partial charge is 0.253 e. The van der Waals surface area contributed by atoms with Crippen LogP contribution in [0.1, 0.15) is 15.9 Å². The van der Waals surface area contributed by atoms with Gasteiger partial charge in [-0.05, 0) is 42.0 Å². The average molecular weight is 408 g/mol. The van der Waals surface area contributed by atoms with Gasteiger partial charge >= 0.3 is 0 Å². The molecule has 2 aromatic carbocycles. The maximum Gasteiger partial charge on any atom is 0.253 e. The van der Waals surface area contributed by atoms with Crippen LogP contribution >= 0.6 is 11.6 Å². The number of piperazine rings is 1. The van der Waals surface area contributed by atoms with E-state index in [0.29, 0.717) is 30.3 Å². The monoisotopic (exact) mass is 407 g/mol. The molecule has 4 rings (SSSR count). The zero-order valence-corrected chi connectivity index (χ0v) is 16.8. The molecule has 1 aromatic heterocycles. The molecule has 1 amide bonds. The molecule has 29 heavy (non-hydrogen) atoms.